The molecule has 2 rings (SSSR count). The first-order valence-electron chi connectivity index (χ1n) is 7.21. The molecule has 6 nitrogen and oxygen atoms in total. The molecule has 2 aromatic carbocycles. The first-order valence-corrected chi connectivity index (χ1v) is 8.71. The lowest BCUT2D eigenvalue weighted by Crippen LogP contribution is -2.03. The predicted octanol–water partition coefficient (Wildman–Crippen LogP) is 4.04. The Bertz CT molecular complexity index is 632. The van der Waals surface area contributed by atoms with Crippen LogP contribution in [0.2, 0.25) is 0 Å². The lowest BCUT2D eigenvalue weighted by atomic mass is 10.3. The molecule has 23 heavy (non-hydrogen) atoms. The summed E-state index contributed by atoms with van der Waals surface area (Å²) in [7, 11) is -4.40. The van der Waals surface area contributed by atoms with E-state index >= 15 is 0 Å². The Morgan fingerprint density at radius 3 is 1.48 bits per heavy atom. The average molecular weight is 338 g/mol. The fourth-order valence-electron chi connectivity index (χ4n) is 1.87. The van der Waals surface area contributed by atoms with E-state index < -0.39 is 7.82 Å². The van der Waals surface area contributed by atoms with E-state index in [1.807, 2.05) is 13.8 Å². The molecule has 0 saturated heterocycles. The highest BCUT2D eigenvalue weighted by molar-refractivity contribution is 7.48. The highest BCUT2D eigenvalue weighted by atomic mass is 31.2. The van der Waals surface area contributed by atoms with Crippen LogP contribution in [0.4, 0.5) is 0 Å². The average Bonchev–Trinajstić information content (AvgIpc) is 2.51. The highest BCUT2D eigenvalue weighted by Crippen LogP contribution is 2.48. The molecule has 0 unspecified atom stereocenters. The van der Waals surface area contributed by atoms with Crippen LogP contribution >= 0.6 is 7.82 Å². The summed E-state index contributed by atoms with van der Waals surface area (Å²) in [4.78, 5) is 10.0. The molecule has 0 spiro atoms. The zero-order valence-electron chi connectivity index (χ0n) is 13.0. The minimum Gasteiger partial charge on any atom is -0.490 e. The van der Waals surface area contributed by atoms with Crippen LogP contribution in [0.5, 0.6) is 23.0 Å². The van der Waals surface area contributed by atoms with Crippen molar-refractivity contribution in [2.75, 3.05) is 13.2 Å². The lowest BCUT2D eigenvalue weighted by molar-refractivity contribution is 0.267. The third kappa shape index (κ3) is 4.91. The van der Waals surface area contributed by atoms with E-state index in [0.29, 0.717) is 24.7 Å². The molecule has 0 aromatic heterocycles. The maximum Gasteiger partial charge on any atom is 0.585 e. The summed E-state index contributed by atoms with van der Waals surface area (Å²) < 4.78 is 33.2. The molecule has 0 fully saturated rings. The Balaban J connectivity index is 2.18. The van der Waals surface area contributed by atoms with Crippen molar-refractivity contribution in [3.63, 3.8) is 0 Å². The summed E-state index contributed by atoms with van der Waals surface area (Å²) in [6.07, 6.45) is 0. The number of para-hydroxylation sites is 4. The number of rotatable bonds is 8. The fourth-order valence-corrected chi connectivity index (χ4v) is 2.70. The quantitative estimate of drug-likeness (QED) is 0.732. The van der Waals surface area contributed by atoms with Crippen LogP contribution in [-0.4, -0.2) is 18.1 Å². The molecule has 2 aromatic rings. The molecule has 0 saturated carbocycles. The molecule has 124 valence electrons. The minimum atomic E-state index is -4.40. The van der Waals surface area contributed by atoms with E-state index in [9.17, 15) is 9.46 Å². The lowest BCUT2D eigenvalue weighted by Gasteiger charge is -2.17. The zero-order valence-corrected chi connectivity index (χ0v) is 13.9. The van der Waals surface area contributed by atoms with Crippen molar-refractivity contribution in [1.82, 2.24) is 0 Å². The summed E-state index contributed by atoms with van der Waals surface area (Å²) in [5.74, 6) is 1.00. The van der Waals surface area contributed by atoms with Gasteiger partial charge in [-0.3, -0.25) is 4.89 Å². The molecular weight excluding hydrogens is 319 g/mol. The standard InChI is InChI=1S/C16H19O6P/c1-3-19-13-9-5-7-11-15(13)21-23(17,18)22-16-12-8-6-10-14(16)20-4-2/h5-12H,3-4H2,1-2H3,(H,17,18). The summed E-state index contributed by atoms with van der Waals surface area (Å²) in [5.41, 5.74) is 0. The molecule has 0 heterocycles. The second kappa shape index (κ2) is 7.90. The summed E-state index contributed by atoms with van der Waals surface area (Å²) in [6, 6.07) is 13.2. The van der Waals surface area contributed by atoms with Crippen molar-refractivity contribution in [2.24, 2.45) is 0 Å². The van der Waals surface area contributed by atoms with Gasteiger partial charge in [-0.05, 0) is 38.1 Å². The van der Waals surface area contributed by atoms with Crippen molar-refractivity contribution < 1.29 is 28.0 Å². The van der Waals surface area contributed by atoms with Crippen LogP contribution in [0.15, 0.2) is 48.5 Å². The first kappa shape index (κ1) is 17.2. The van der Waals surface area contributed by atoms with Crippen molar-refractivity contribution >= 4 is 7.82 Å². The fraction of sp³-hybridized carbons (Fsp3) is 0.250. The molecule has 0 atom stereocenters. The molecule has 7 heteroatoms. The smallest absolute Gasteiger partial charge is 0.490 e. The summed E-state index contributed by atoms with van der Waals surface area (Å²) in [6.45, 7) is 4.43. The van der Waals surface area contributed by atoms with Crippen LogP contribution in [-0.2, 0) is 4.57 Å². The van der Waals surface area contributed by atoms with Gasteiger partial charge in [0.15, 0.2) is 23.0 Å². The Labute approximate surface area is 135 Å². The molecule has 1 N–H and O–H groups in total. The molecule has 0 aliphatic carbocycles. The van der Waals surface area contributed by atoms with E-state index in [4.69, 9.17) is 18.5 Å². The number of ether oxygens (including phenoxy) is 2. The number of phosphoric ester groups is 1. The maximum absolute atomic E-state index is 12.3. The number of hydrogen-bond acceptors (Lipinski definition) is 5. The normalized spacial score (nSPS) is 10.9. The second-order valence-electron chi connectivity index (χ2n) is 4.41. The number of benzene rings is 2. The van der Waals surface area contributed by atoms with Gasteiger partial charge < -0.3 is 18.5 Å². The van der Waals surface area contributed by atoms with Gasteiger partial charge in [-0.15, -0.1) is 0 Å². The third-order valence-corrected chi connectivity index (χ3v) is 3.58. The Kier molecular flexibility index (Phi) is 5.90. The predicted molar refractivity (Wildman–Crippen MR) is 86.3 cm³/mol. The van der Waals surface area contributed by atoms with E-state index in [1.165, 1.54) is 12.1 Å². The van der Waals surface area contributed by atoms with Gasteiger partial charge in [0.05, 0.1) is 13.2 Å². The van der Waals surface area contributed by atoms with Crippen molar-refractivity contribution in [1.29, 1.82) is 0 Å². The Hall–Kier alpha value is -2.17. The van der Waals surface area contributed by atoms with Crippen LogP contribution < -0.4 is 18.5 Å². The van der Waals surface area contributed by atoms with Gasteiger partial charge in [0, 0.05) is 0 Å². The molecule has 0 bridgehead atoms. The topological polar surface area (TPSA) is 74.2 Å². The minimum absolute atomic E-state index is 0.133. The molecule has 0 amide bonds. The first-order chi connectivity index (χ1) is 11.1. The van der Waals surface area contributed by atoms with Crippen LogP contribution in [0.1, 0.15) is 13.8 Å². The van der Waals surface area contributed by atoms with Crippen molar-refractivity contribution in [3.8, 4) is 23.0 Å². The van der Waals surface area contributed by atoms with Gasteiger partial charge in [-0.25, -0.2) is 4.57 Å². The second-order valence-corrected chi connectivity index (χ2v) is 5.71. The number of phosphoric acid groups is 1. The van der Waals surface area contributed by atoms with Gasteiger partial charge >= 0.3 is 7.82 Å². The Morgan fingerprint density at radius 1 is 0.783 bits per heavy atom. The Morgan fingerprint density at radius 2 is 1.13 bits per heavy atom. The molecule has 0 radical (unpaired) electrons. The van der Waals surface area contributed by atoms with Crippen LogP contribution in [0.25, 0.3) is 0 Å². The van der Waals surface area contributed by atoms with E-state index in [1.54, 1.807) is 36.4 Å². The van der Waals surface area contributed by atoms with Gasteiger partial charge in [-0.2, -0.15) is 0 Å². The van der Waals surface area contributed by atoms with Gasteiger partial charge in [0.25, 0.3) is 0 Å². The van der Waals surface area contributed by atoms with Gasteiger partial charge in [0.1, 0.15) is 0 Å². The van der Waals surface area contributed by atoms with Crippen LogP contribution in [0.3, 0.4) is 0 Å². The largest absolute Gasteiger partial charge is 0.585 e. The number of hydrogen-bond donors (Lipinski definition) is 1. The van der Waals surface area contributed by atoms with Gasteiger partial charge in [-0.1, -0.05) is 24.3 Å². The van der Waals surface area contributed by atoms with E-state index in [0.717, 1.165) is 0 Å². The van der Waals surface area contributed by atoms with Crippen molar-refractivity contribution in [3.05, 3.63) is 48.5 Å². The van der Waals surface area contributed by atoms with E-state index in [2.05, 4.69) is 0 Å². The monoisotopic (exact) mass is 338 g/mol. The third-order valence-electron chi connectivity index (χ3n) is 2.73. The SMILES string of the molecule is CCOc1ccccc1OP(=O)(O)Oc1ccccc1OCC. The van der Waals surface area contributed by atoms with Crippen LogP contribution in [0, 0.1) is 0 Å². The molecular formula is C16H19O6P. The highest BCUT2D eigenvalue weighted by Gasteiger charge is 2.28. The van der Waals surface area contributed by atoms with E-state index in [-0.39, 0.29) is 11.5 Å². The molecule has 0 aliphatic rings. The summed E-state index contributed by atoms with van der Waals surface area (Å²) >= 11 is 0. The van der Waals surface area contributed by atoms with Gasteiger partial charge in [0.2, 0.25) is 0 Å². The summed E-state index contributed by atoms with van der Waals surface area (Å²) in [5, 5.41) is 0. The maximum atomic E-state index is 12.3. The zero-order chi connectivity index (χ0) is 16.7. The molecule has 0 aliphatic heterocycles. The van der Waals surface area contributed by atoms with Crippen molar-refractivity contribution in [2.45, 2.75) is 13.8 Å².